The lowest BCUT2D eigenvalue weighted by Gasteiger charge is -2.31. The van der Waals surface area contributed by atoms with Crippen LogP contribution in [0, 0.1) is 5.92 Å². The molecule has 10 heteroatoms. The van der Waals surface area contributed by atoms with Crippen molar-refractivity contribution in [2.24, 2.45) is 5.92 Å². The summed E-state index contributed by atoms with van der Waals surface area (Å²) in [5.41, 5.74) is 7.72. The van der Waals surface area contributed by atoms with Crippen molar-refractivity contribution in [2.45, 2.75) is 19.0 Å². The highest BCUT2D eigenvalue weighted by atomic mass is 19.3. The molecule has 0 saturated carbocycles. The van der Waals surface area contributed by atoms with Crippen molar-refractivity contribution < 1.29 is 13.5 Å². The summed E-state index contributed by atoms with van der Waals surface area (Å²) in [5, 5.41) is 5.34. The zero-order valence-electron chi connectivity index (χ0n) is 16.4. The van der Waals surface area contributed by atoms with Gasteiger partial charge in [-0.05, 0) is 24.6 Å². The monoisotopic (exact) mass is 423 g/mol. The maximum absolute atomic E-state index is 13.4. The van der Waals surface area contributed by atoms with Crippen LogP contribution < -0.4 is 10.6 Å². The number of nitrogens with zero attached hydrogens (tertiary/aromatic N) is 6. The molecule has 0 radical (unpaired) electrons. The fourth-order valence-corrected chi connectivity index (χ4v) is 4.57. The van der Waals surface area contributed by atoms with Crippen molar-refractivity contribution in [3.8, 4) is 11.4 Å². The Morgan fingerprint density at radius 3 is 2.87 bits per heavy atom. The first-order valence-electron chi connectivity index (χ1n) is 10.1. The lowest BCUT2D eigenvalue weighted by Crippen LogP contribution is -2.39. The lowest BCUT2D eigenvalue weighted by molar-refractivity contribution is 0.119. The lowest BCUT2D eigenvalue weighted by atomic mass is 10.00. The zero-order chi connectivity index (χ0) is 21.1. The Bertz CT molecular complexity index is 1300. The maximum Gasteiger partial charge on any atom is 0.281 e. The molecule has 2 atom stereocenters. The number of halogens is 2. The molecular formula is C21H19F2N7O. The summed E-state index contributed by atoms with van der Waals surface area (Å²) in [7, 11) is 0. The second kappa shape index (κ2) is 6.81. The van der Waals surface area contributed by atoms with E-state index in [1.165, 1.54) is 12.4 Å². The number of nitrogen functional groups attached to an aromatic ring is 1. The smallest absolute Gasteiger partial charge is 0.281 e. The summed E-state index contributed by atoms with van der Waals surface area (Å²) in [6.07, 6.45) is 3.32. The number of nitrogens with two attached hydrogens (primary N) is 1. The van der Waals surface area contributed by atoms with Gasteiger partial charge in [0.25, 0.3) is 6.43 Å². The summed E-state index contributed by atoms with van der Waals surface area (Å²) in [5.74, 6) is 1.18. The third-order valence-corrected chi connectivity index (χ3v) is 6.02. The van der Waals surface area contributed by atoms with Gasteiger partial charge in [-0.2, -0.15) is 0 Å². The van der Waals surface area contributed by atoms with Gasteiger partial charge in [0.2, 0.25) is 0 Å². The van der Waals surface area contributed by atoms with Crippen molar-refractivity contribution in [3.05, 3.63) is 42.5 Å². The number of piperidine rings is 1. The van der Waals surface area contributed by atoms with Gasteiger partial charge in [-0.3, -0.25) is 4.98 Å². The van der Waals surface area contributed by atoms with Gasteiger partial charge < -0.3 is 15.4 Å². The van der Waals surface area contributed by atoms with E-state index in [2.05, 4.69) is 25.0 Å². The van der Waals surface area contributed by atoms with E-state index in [-0.39, 0.29) is 23.0 Å². The molecule has 2 saturated heterocycles. The molecule has 2 aliphatic rings. The van der Waals surface area contributed by atoms with Crippen LogP contribution in [0.4, 0.5) is 20.3 Å². The molecule has 8 nitrogen and oxygen atoms in total. The van der Waals surface area contributed by atoms with Crippen molar-refractivity contribution >= 4 is 27.9 Å². The number of ether oxygens (including phenoxy) is 1. The molecule has 0 aromatic carbocycles. The van der Waals surface area contributed by atoms with Crippen LogP contribution in [-0.4, -0.2) is 50.4 Å². The third-order valence-electron chi connectivity index (χ3n) is 6.02. The van der Waals surface area contributed by atoms with Gasteiger partial charge in [-0.15, -0.1) is 5.10 Å². The van der Waals surface area contributed by atoms with Gasteiger partial charge in [0, 0.05) is 47.7 Å². The number of rotatable bonds is 3. The first-order chi connectivity index (χ1) is 15.0. The summed E-state index contributed by atoms with van der Waals surface area (Å²) < 4.78 is 34.3. The molecule has 0 spiro atoms. The van der Waals surface area contributed by atoms with Crippen molar-refractivity contribution in [2.75, 3.05) is 30.3 Å². The normalized spacial score (nSPS) is 20.9. The van der Waals surface area contributed by atoms with Crippen LogP contribution in [0.1, 0.15) is 18.5 Å². The van der Waals surface area contributed by atoms with Crippen LogP contribution in [-0.2, 0) is 4.74 Å². The molecule has 0 amide bonds. The second-order valence-electron chi connectivity index (χ2n) is 8.10. The van der Waals surface area contributed by atoms with E-state index in [1.54, 1.807) is 10.6 Å². The van der Waals surface area contributed by atoms with Gasteiger partial charge in [-0.25, -0.2) is 23.3 Å². The van der Waals surface area contributed by atoms with Gasteiger partial charge in [0.05, 0.1) is 24.6 Å². The highest BCUT2D eigenvalue weighted by Gasteiger charge is 2.34. The molecule has 4 aromatic rings. The number of hydrogen-bond donors (Lipinski definition) is 1. The van der Waals surface area contributed by atoms with E-state index in [0.717, 1.165) is 31.8 Å². The summed E-state index contributed by atoms with van der Waals surface area (Å²) in [6.45, 7) is 2.64. The molecule has 2 bridgehead atoms. The van der Waals surface area contributed by atoms with Crippen LogP contribution in [0.5, 0.6) is 0 Å². The van der Waals surface area contributed by atoms with Crippen molar-refractivity contribution in [1.29, 1.82) is 0 Å². The Balaban J connectivity index is 1.43. The highest BCUT2D eigenvalue weighted by molar-refractivity contribution is 5.97. The number of aromatic nitrogens is 5. The number of hydrogen-bond acceptors (Lipinski definition) is 7. The van der Waals surface area contributed by atoms with E-state index in [1.807, 2.05) is 18.3 Å². The maximum atomic E-state index is 13.4. The summed E-state index contributed by atoms with van der Waals surface area (Å²) in [6, 6.07) is 5.48. The summed E-state index contributed by atoms with van der Waals surface area (Å²) in [4.78, 5) is 14.8. The van der Waals surface area contributed by atoms with Crippen LogP contribution in [0.15, 0.2) is 36.8 Å². The van der Waals surface area contributed by atoms with Gasteiger partial charge in [-0.1, -0.05) is 0 Å². The molecule has 6 heterocycles. The molecule has 6 rings (SSSR count). The predicted octanol–water partition coefficient (Wildman–Crippen LogP) is 3.08. The molecule has 0 unspecified atom stereocenters. The number of alkyl halides is 2. The molecule has 2 aliphatic heterocycles. The molecule has 2 fully saturated rings. The minimum atomic E-state index is -2.72. The average molecular weight is 423 g/mol. The SMILES string of the molecule is Nc1cc2c(-c3nc4ccc(N5C[C@H]6CO[C@H](C6)C5)cn4n3)cnc(C(F)F)c2cn1. The van der Waals surface area contributed by atoms with Crippen molar-refractivity contribution in [1.82, 2.24) is 24.6 Å². The molecule has 0 aliphatic carbocycles. The van der Waals surface area contributed by atoms with E-state index in [9.17, 15) is 8.78 Å². The Hall–Kier alpha value is -3.40. The first-order valence-corrected chi connectivity index (χ1v) is 10.1. The molecule has 31 heavy (non-hydrogen) atoms. The predicted molar refractivity (Wildman–Crippen MR) is 111 cm³/mol. The van der Waals surface area contributed by atoms with Gasteiger partial charge in [0.1, 0.15) is 11.5 Å². The van der Waals surface area contributed by atoms with E-state index >= 15 is 0 Å². The minimum absolute atomic E-state index is 0.230. The van der Waals surface area contributed by atoms with Crippen molar-refractivity contribution in [3.63, 3.8) is 0 Å². The zero-order valence-corrected chi connectivity index (χ0v) is 16.4. The Morgan fingerprint density at radius 1 is 1.13 bits per heavy atom. The van der Waals surface area contributed by atoms with E-state index in [4.69, 9.17) is 10.5 Å². The van der Waals surface area contributed by atoms with E-state index < -0.39 is 6.43 Å². The molecule has 158 valence electrons. The minimum Gasteiger partial charge on any atom is -0.384 e. The standard InChI is InChI=1S/C21H19F2N7O/c22-20(23)19-15-5-25-17(24)4-14(15)16(6-26-19)21-27-18-2-1-12(8-30(18)28-21)29-7-11-3-13(9-29)31-10-11/h1-2,4-6,8,11,13,20H,3,7,9-10H2,(H2,24,25)/t11-,13+/m0/s1. The third kappa shape index (κ3) is 3.05. The Morgan fingerprint density at radius 2 is 2.03 bits per heavy atom. The number of fused-ring (bicyclic) bond motifs is 4. The number of pyridine rings is 3. The first kappa shape index (κ1) is 18.4. The largest absolute Gasteiger partial charge is 0.384 e. The molecular weight excluding hydrogens is 404 g/mol. The van der Waals surface area contributed by atoms with E-state index in [0.29, 0.717) is 28.3 Å². The Labute approximate surface area is 175 Å². The fourth-order valence-electron chi connectivity index (χ4n) is 4.57. The van der Waals surface area contributed by atoms with Crippen LogP contribution in [0.3, 0.4) is 0 Å². The van der Waals surface area contributed by atoms with Crippen LogP contribution in [0.2, 0.25) is 0 Å². The molecule has 2 N–H and O–H groups in total. The Kier molecular flexibility index (Phi) is 4.04. The molecule has 4 aromatic heterocycles. The average Bonchev–Trinajstić information content (AvgIpc) is 3.34. The van der Waals surface area contributed by atoms with Gasteiger partial charge in [0.15, 0.2) is 11.5 Å². The fraction of sp³-hybridized carbons (Fsp3) is 0.333. The highest BCUT2D eigenvalue weighted by Crippen LogP contribution is 2.33. The second-order valence-corrected chi connectivity index (χ2v) is 8.10. The topological polar surface area (TPSA) is 94.5 Å². The number of anilines is 2. The van der Waals surface area contributed by atoms with Crippen LogP contribution in [0.25, 0.3) is 27.8 Å². The van der Waals surface area contributed by atoms with Gasteiger partial charge >= 0.3 is 0 Å². The summed E-state index contributed by atoms with van der Waals surface area (Å²) >= 11 is 0. The quantitative estimate of drug-likeness (QED) is 0.541. The van der Waals surface area contributed by atoms with Crippen LogP contribution >= 0.6 is 0 Å².